The molecule has 0 bridgehead atoms. The van der Waals surface area contributed by atoms with E-state index in [1.54, 1.807) is 14.2 Å². The second kappa shape index (κ2) is 6.87. The summed E-state index contributed by atoms with van der Waals surface area (Å²) >= 11 is 0. The Morgan fingerprint density at radius 1 is 0.852 bits per heavy atom. The lowest BCUT2D eigenvalue weighted by atomic mass is 9.86. The van der Waals surface area contributed by atoms with E-state index < -0.39 is 11.4 Å². The zero-order chi connectivity index (χ0) is 18.9. The third kappa shape index (κ3) is 2.95. The molecule has 0 radical (unpaired) electrons. The van der Waals surface area contributed by atoms with Crippen LogP contribution in [0.15, 0.2) is 48.5 Å². The zero-order valence-corrected chi connectivity index (χ0v) is 15.6. The molecule has 2 N–H and O–H groups in total. The van der Waals surface area contributed by atoms with E-state index in [0.29, 0.717) is 12.8 Å². The highest BCUT2D eigenvalue weighted by Crippen LogP contribution is 2.48. The molecule has 2 heterocycles. The third-order valence-corrected chi connectivity index (χ3v) is 5.36. The number of carbonyl (C=O) groups excluding carboxylic acids is 1. The van der Waals surface area contributed by atoms with Crippen LogP contribution in [-0.4, -0.2) is 39.1 Å². The molecule has 0 unspecified atom stereocenters. The normalized spacial score (nSPS) is 20.3. The Kier molecular flexibility index (Phi) is 4.53. The Hall–Kier alpha value is -2.57. The lowest BCUT2D eigenvalue weighted by Crippen LogP contribution is -2.88. The summed E-state index contributed by atoms with van der Waals surface area (Å²) < 4.78 is 22.9. The molecule has 2 saturated heterocycles. The van der Waals surface area contributed by atoms with Gasteiger partial charge in [0.05, 0.1) is 40.2 Å². The molecule has 27 heavy (non-hydrogen) atoms. The minimum atomic E-state index is -1.30. The van der Waals surface area contributed by atoms with Gasteiger partial charge in [0.15, 0.2) is 0 Å². The number of esters is 1. The Balaban J connectivity index is 1.82. The molecule has 2 aromatic carbocycles. The Morgan fingerprint density at radius 3 is 1.78 bits per heavy atom. The van der Waals surface area contributed by atoms with Crippen molar-refractivity contribution in [1.29, 1.82) is 0 Å². The van der Waals surface area contributed by atoms with Crippen LogP contribution in [0.4, 0.5) is 0 Å². The lowest BCUT2D eigenvalue weighted by Gasteiger charge is -2.32. The third-order valence-electron chi connectivity index (χ3n) is 5.36. The summed E-state index contributed by atoms with van der Waals surface area (Å²) in [7, 11) is 3.23. The van der Waals surface area contributed by atoms with E-state index in [1.165, 1.54) is 0 Å². The van der Waals surface area contributed by atoms with Crippen LogP contribution in [-0.2, 0) is 19.9 Å². The molecule has 1 spiro atoms. The first kappa shape index (κ1) is 17.8. The van der Waals surface area contributed by atoms with E-state index in [2.05, 4.69) is 5.32 Å². The molecule has 0 saturated carbocycles. The van der Waals surface area contributed by atoms with Crippen molar-refractivity contribution >= 4 is 5.97 Å². The molecule has 2 aliphatic heterocycles. The number of benzene rings is 2. The molecule has 0 atom stereocenters. The van der Waals surface area contributed by atoms with E-state index >= 15 is 0 Å². The number of rotatable bonds is 4. The summed E-state index contributed by atoms with van der Waals surface area (Å²) in [5, 5.41) is 2.21. The van der Waals surface area contributed by atoms with Gasteiger partial charge in [0.2, 0.25) is 11.4 Å². The van der Waals surface area contributed by atoms with Crippen LogP contribution in [0.1, 0.15) is 24.0 Å². The summed E-state index contributed by atoms with van der Waals surface area (Å²) in [6, 6.07) is 14.8. The molecule has 0 aliphatic carbocycles. The summed E-state index contributed by atoms with van der Waals surface area (Å²) in [6.45, 7) is 1.74. The zero-order valence-electron chi connectivity index (χ0n) is 15.6. The van der Waals surface area contributed by atoms with Gasteiger partial charge >= 0.3 is 5.97 Å². The van der Waals surface area contributed by atoms with Gasteiger partial charge in [-0.3, -0.25) is 0 Å². The SMILES string of the molecule is COc1ccc(C2(c3ccc(OC)cc3)OC3(CC[NH2+]CC3)OC2=O)cc1. The maximum atomic E-state index is 13.3. The van der Waals surface area contributed by atoms with Crippen molar-refractivity contribution in [3.05, 3.63) is 59.7 Å². The van der Waals surface area contributed by atoms with Gasteiger partial charge in [0, 0.05) is 11.1 Å². The highest BCUT2D eigenvalue weighted by atomic mass is 16.8. The number of piperidine rings is 1. The standard InChI is InChI=1S/C21H23NO5/c1-24-17-7-3-15(4-8-17)21(16-5-9-18(25-2)10-6-16)19(23)26-20(27-21)11-13-22-14-12-20/h3-10,22H,11-14H2,1-2H3/p+1. The molecule has 2 aliphatic rings. The Bertz CT molecular complexity index is 762. The Morgan fingerprint density at radius 2 is 1.33 bits per heavy atom. The summed E-state index contributed by atoms with van der Waals surface area (Å²) in [5.74, 6) is 0.194. The second-order valence-electron chi connectivity index (χ2n) is 6.91. The van der Waals surface area contributed by atoms with Gasteiger partial charge in [-0.05, 0) is 24.3 Å². The van der Waals surface area contributed by atoms with Crippen molar-refractivity contribution in [1.82, 2.24) is 0 Å². The molecule has 142 valence electrons. The maximum absolute atomic E-state index is 13.3. The maximum Gasteiger partial charge on any atom is 0.350 e. The van der Waals surface area contributed by atoms with Crippen molar-refractivity contribution < 1.29 is 29.1 Å². The second-order valence-corrected chi connectivity index (χ2v) is 6.91. The van der Waals surface area contributed by atoms with Crippen LogP contribution >= 0.6 is 0 Å². The van der Waals surface area contributed by atoms with Crippen molar-refractivity contribution in [2.45, 2.75) is 24.2 Å². The Labute approximate surface area is 158 Å². The lowest BCUT2D eigenvalue weighted by molar-refractivity contribution is -0.672. The first-order valence-corrected chi connectivity index (χ1v) is 9.16. The molecule has 4 rings (SSSR count). The van der Waals surface area contributed by atoms with Crippen LogP contribution in [0.2, 0.25) is 0 Å². The molecule has 0 amide bonds. The summed E-state index contributed by atoms with van der Waals surface area (Å²) in [5.41, 5.74) is 0.158. The summed E-state index contributed by atoms with van der Waals surface area (Å²) in [4.78, 5) is 13.3. The molecular formula is C21H24NO5+. The fourth-order valence-electron chi connectivity index (χ4n) is 3.87. The number of hydrogen-bond acceptors (Lipinski definition) is 5. The number of methoxy groups -OCH3 is 2. The highest BCUT2D eigenvalue weighted by molar-refractivity contribution is 5.87. The average Bonchev–Trinajstić information content (AvgIpc) is 3.01. The number of hydrogen-bond donors (Lipinski definition) is 1. The molecular weight excluding hydrogens is 346 g/mol. The average molecular weight is 370 g/mol. The van der Waals surface area contributed by atoms with Crippen LogP contribution in [0.5, 0.6) is 11.5 Å². The minimum absolute atomic E-state index is 0.375. The number of quaternary nitrogens is 1. The fraction of sp³-hybridized carbons (Fsp3) is 0.381. The number of ether oxygens (including phenoxy) is 4. The van der Waals surface area contributed by atoms with Crippen LogP contribution < -0.4 is 14.8 Å². The van der Waals surface area contributed by atoms with Gasteiger partial charge < -0.3 is 24.3 Å². The quantitative estimate of drug-likeness (QED) is 0.828. The van der Waals surface area contributed by atoms with Crippen molar-refractivity contribution in [3.8, 4) is 11.5 Å². The highest BCUT2D eigenvalue weighted by Gasteiger charge is 2.60. The van der Waals surface area contributed by atoms with Gasteiger partial charge in [-0.2, -0.15) is 0 Å². The van der Waals surface area contributed by atoms with Crippen LogP contribution in [0, 0.1) is 0 Å². The molecule has 0 aromatic heterocycles. The number of nitrogens with two attached hydrogens (primary N) is 1. The molecule has 6 nitrogen and oxygen atoms in total. The number of carbonyl (C=O) groups is 1. The molecule has 6 heteroatoms. The first-order valence-electron chi connectivity index (χ1n) is 9.16. The van der Waals surface area contributed by atoms with Gasteiger partial charge in [-0.15, -0.1) is 0 Å². The largest absolute Gasteiger partial charge is 0.497 e. The van der Waals surface area contributed by atoms with Crippen LogP contribution in [0.3, 0.4) is 0 Å². The van der Waals surface area contributed by atoms with E-state index in [1.807, 2.05) is 48.5 Å². The minimum Gasteiger partial charge on any atom is -0.497 e. The van der Waals surface area contributed by atoms with Gasteiger partial charge in [0.25, 0.3) is 0 Å². The van der Waals surface area contributed by atoms with Crippen molar-refractivity contribution in [2.24, 2.45) is 0 Å². The van der Waals surface area contributed by atoms with Crippen LogP contribution in [0.25, 0.3) is 0 Å². The fourth-order valence-corrected chi connectivity index (χ4v) is 3.87. The predicted molar refractivity (Wildman–Crippen MR) is 97.6 cm³/mol. The monoisotopic (exact) mass is 370 g/mol. The molecule has 2 fully saturated rings. The van der Waals surface area contributed by atoms with Gasteiger partial charge in [0.1, 0.15) is 11.5 Å². The van der Waals surface area contributed by atoms with E-state index in [4.69, 9.17) is 18.9 Å². The van der Waals surface area contributed by atoms with Gasteiger partial charge in [-0.1, -0.05) is 24.3 Å². The van der Waals surface area contributed by atoms with E-state index in [0.717, 1.165) is 35.7 Å². The predicted octanol–water partition coefficient (Wildman–Crippen LogP) is 1.57. The van der Waals surface area contributed by atoms with Gasteiger partial charge in [-0.25, -0.2) is 4.79 Å². The summed E-state index contributed by atoms with van der Waals surface area (Å²) in [6.07, 6.45) is 1.35. The molecule has 2 aromatic rings. The smallest absolute Gasteiger partial charge is 0.350 e. The first-order chi connectivity index (χ1) is 13.1. The topological polar surface area (TPSA) is 70.6 Å². The van der Waals surface area contributed by atoms with Crippen molar-refractivity contribution in [2.75, 3.05) is 27.3 Å². The van der Waals surface area contributed by atoms with E-state index in [-0.39, 0.29) is 5.97 Å². The van der Waals surface area contributed by atoms with Crippen molar-refractivity contribution in [3.63, 3.8) is 0 Å². The van der Waals surface area contributed by atoms with E-state index in [9.17, 15) is 4.79 Å².